The second-order valence-electron chi connectivity index (χ2n) is 8.80. The zero-order chi connectivity index (χ0) is 19.4. The maximum atomic E-state index is 11.0. The average molecular weight is 381 g/mol. The highest BCUT2D eigenvalue weighted by Gasteiger charge is 2.22. The van der Waals surface area contributed by atoms with Gasteiger partial charge in [0.1, 0.15) is 6.10 Å². The van der Waals surface area contributed by atoms with Crippen LogP contribution in [0.5, 0.6) is 0 Å². The summed E-state index contributed by atoms with van der Waals surface area (Å²) in [6.07, 6.45) is 29.9. The lowest BCUT2D eigenvalue weighted by Crippen LogP contribution is -2.06. The minimum atomic E-state index is 0.0119. The first-order valence-corrected chi connectivity index (χ1v) is 12.5. The fraction of sp³-hybridized carbons (Fsp3) is 0.960. The maximum Gasteiger partial charge on any atom is 0.306 e. The van der Waals surface area contributed by atoms with Gasteiger partial charge in [-0.25, -0.2) is 0 Å². The third kappa shape index (κ3) is 16.2. The molecule has 0 aromatic rings. The number of hydrogen-bond acceptors (Lipinski definition) is 2. The van der Waals surface area contributed by atoms with Crippen LogP contribution in [0.2, 0.25) is 0 Å². The molecule has 1 aliphatic heterocycles. The van der Waals surface area contributed by atoms with Crippen molar-refractivity contribution in [2.45, 2.75) is 154 Å². The molecule has 1 unspecified atom stereocenters. The van der Waals surface area contributed by atoms with Crippen molar-refractivity contribution in [3.05, 3.63) is 0 Å². The molecular weight excluding hydrogens is 332 g/mol. The molecule has 1 aliphatic rings. The number of carbonyl (C=O) groups excluding carboxylic acids is 1. The maximum absolute atomic E-state index is 11.0. The zero-order valence-electron chi connectivity index (χ0n) is 18.5. The monoisotopic (exact) mass is 380 g/mol. The molecule has 2 nitrogen and oxygen atoms in total. The minimum Gasteiger partial charge on any atom is -0.462 e. The highest BCUT2D eigenvalue weighted by atomic mass is 16.5. The first-order valence-electron chi connectivity index (χ1n) is 12.5. The van der Waals surface area contributed by atoms with Gasteiger partial charge in [0, 0.05) is 6.42 Å². The van der Waals surface area contributed by atoms with Crippen molar-refractivity contribution in [1.29, 1.82) is 0 Å². The van der Waals surface area contributed by atoms with Gasteiger partial charge in [-0.05, 0) is 19.3 Å². The number of cyclic esters (lactones) is 1. The van der Waals surface area contributed by atoms with Gasteiger partial charge in [0.25, 0.3) is 0 Å². The molecule has 1 rings (SSSR count). The Morgan fingerprint density at radius 1 is 0.630 bits per heavy atom. The third-order valence-corrected chi connectivity index (χ3v) is 6.10. The molecule has 0 N–H and O–H groups in total. The standard InChI is InChI=1S/C25H48O2/c1-2-3-4-5-6-7-8-9-10-11-12-13-14-15-16-17-18-19-20-21-24-22-23-25(26)27-24/h24H,2-23H2,1H3. The van der Waals surface area contributed by atoms with Gasteiger partial charge >= 0.3 is 5.97 Å². The Morgan fingerprint density at radius 2 is 1.00 bits per heavy atom. The molecule has 1 atom stereocenters. The lowest BCUT2D eigenvalue weighted by atomic mass is 10.0. The molecule has 0 aliphatic carbocycles. The van der Waals surface area contributed by atoms with Crippen LogP contribution in [-0.2, 0) is 9.53 Å². The molecule has 1 saturated heterocycles. The Bertz CT molecular complexity index is 326. The predicted molar refractivity (Wildman–Crippen MR) is 117 cm³/mol. The van der Waals surface area contributed by atoms with Gasteiger partial charge < -0.3 is 4.74 Å². The summed E-state index contributed by atoms with van der Waals surface area (Å²) in [5.41, 5.74) is 0. The van der Waals surface area contributed by atoms with E-state index in [0.29, 0.717) is 6.42 Å². The Kier molecular flexibility index (Phi) is 17.1. The van der Waals surface area contributed by atoms with Gasteiger partial charge in [-0.1, -0.05) is 122 Å². The fourth-order valence-electron chi connectivity index (χ4n) is 4.24. The highest BCUT2D eigenvalue weighted by molar-refractivity contribution is 5.71. The van der Waals surface area contributed by atoms with Gasteiger partial charge in [0.2, 0.25) is 0 Å². The van der Waals surface area contributed by atoms with E-state index in [4.69, 9.17) is 4.74 Å². The number of carbonyl (C=O) groups is 1. The van der Waals surface area contributed by atoms with Gasteiger partial charge in [-0.2, -0.15) is 0 Å². The van der Waals surface area contributed by atoms with Gasteiger partial charge in [-0.15, -0.1) is 0 Å². The van der Waals surface area contributed by atoms with E-state index in [1.165, 1.54) is 122 Å². The lowest BCUT2D eigenvalue weighted by Gasteiger charge is -2.08. The van der Waals surface area contributed by atoms with Crippen LogP contribution in [0.4, 0.5) is 0 Å². The number of ether oxygens (including phenoxy) is 1. The van der Waals surface area contributed by atoms with Crippen molar-refractivity contribution in [2.24, 2.45) is 0 Å². The van der Waals surface area contributed by atoms with Gasteiger partial charge in [0.15, 0.2) is 0 Å². The molecule has 0 aromatic heterocycles. The Hall–Kier alpha value is -0.530. The molecule has 1 heterocycles. The lowest BCUT2D eigenvalue weighted by molar-refractivity contribution is -0.141. The van der Waals surface area contributed by atoms with Crippen molar-refractivity contribution < 1.29 is 9.53 Å². The van der Waals surface area contributed by atoms with Crippen LogP contribution in [0, 0.1) is 0 Å². The van der Waals surface area contributed by atoms with Crippen molar-refractivity contribution >= 4 is 5.97 Å². The summed E-state index contributed by atoms with van der Waals surface area (Å²) in [6, 6.07) is 0. The quantitative estimate of drug-likeness (QED) is 0.156. The van der Waals surface area contributed by atoms with Gasteiger partial charge in [-0.3, -0.25) is 4.79 Å². The van der Waals surface area contributed by atoms with Crippen LogP contribution in [0.15, 0.2) is 0 Å². The van der Waals surface area contributed by atoms with E-state index in [2.05, 4.69) is 6.92 Å². The first-order chi connectivity index (χ1) is 13.3. The van der Waals surface area contributed by atoms with E-state index in [1.54, 1.807) is 0 Å². The van der Waals surface area contributed by atoms with E-state index in [1.807, 2.05) is 0 Å². The normalized spacial score (nSPS) is 16.8. The topological polar surface area (TPSA) is 26.3 Å². The highest BCUT2D eigenvalue weighted by Crippen LogP contribution is 2.20. The molecule has 0 radical (unpaired) electrons. The summed E-state index contributed by atoms with van der Waals surface area (Å²) in [5.74, 6) is 0.0119. The molecule has 1 fully saturated rings. The Balaban J connectivity index is 1.65. The van der Waals surface area contributed by atoms with Crippen LogP contribution in [0.25, 0.3) is 0 Å². The second-order valence-corrected chi connectivity index (χ2v) is 8.80. The molecule has 0 spiro atoms. The number of hydrogen-bond donors (Lipinski definition) is 0. The Morgan fingerprint density at radius 3 is 1.33 bits per heavy atom. The van der Waals surface area contributed by atoms with Crippen LogP contribution >= 0.6 is 0 Å². The fourth-order valence-corrected chi connectivity index (χ4v) is 4.24. The summed E-state index contributed by atoms with van der Waals surface area (Å²) in [5, 5.41) is 0. The molecule has 0 aromatic carbocycles. The largest absolute Gasteiger partial charge is 0.462 e. The van der Waals surface area contributed by atoms with E-state index in [0.717, 1.165) is 12.8 Å². The zero-order valence-corrected chi connectivity index (χ0v) is 18.5. The second kappa shape index (κ2) is 18.8. The van der Waals surface area contributed by atoms with Crippen molar-refractivity contribution in [2.75, 3.05) is 0 Å². The van der Waals surface area contributed by atoms with Gasteiger partial charge in [0.05, 0.1) is 0 Å². The van der Waals surface area contributed by atoms with E-state index in [-0.39, 0.29) is 12.1 Å². The smallest absolute Gasteiger partial charge is 0.306 e. The summed E-state index contributed by atoms with van der Waals surface area (Å²) in [4.78, 5) is 11.0. The number of rotatable bonds is 20. The molecule has 27 heavy (non-hydrogen) atoms. The van der Waals surface area contributed by atoms with Crippen molar-refractivity contribution in [1.82, 2.24) is 0 Å². The van der Waals surface area contributed by atoms with E-state index >= 15 is 0 Å². The summed E-state index contributed by atoms with van der Waals surface area (Å²) >= 11 is 0. The van der Waals surface area contributed by atoms with Crippen molar-refractivity contribution in [3.63, 3.8) is 0 Å². The SMILES string of the molecule is CCCCCCCCCCCCCCCCCCCCCC1CCC(=O)O1. The molecule has 0 bridgehead atoms. The number of esters is 1. The molecule has 2 heteroatoms. The van der Waals surface area contributed by atoms with E-state index < -0.39 is 0 Å². The minimum absolute atomic E-state index is 0.0119. The van der Waals surface area contributed by atoms with Crippen molar-refractivity contribution in [3.8, 4) is 0 Å². The molecular formula is C25H48O2. The summed E-state index contributed by atoms with van der Waals surface area (Å²) in [7, 11) is 0. The average Bonchev–Trinajstić information content (AvgIpc) is 3.09. The molecule has 160 valence electrons. The Labute approximate surface area is 170 Å². The summed E-state index contributed by atoms with van der Waals surface area (Å²) < 4.78 is 5.26. The number of unbranched alkanes of at least 4 members (excludes halogenated alkanes) is 18. The van der Waals surface area contributed by atoms with Crippen LogP contribution in [-0.4, -0.2) is 12.1 Å². The molecule has 0 amide bonds. The van der Waals surface area contributed by atoms with E-state index in [9.17, 15) is 4.79 Å². The van der Waals surface area contributed by atoms with Crippen LogP contribution in [0.3, 0.4) is 0 Å². The van der Waals surface area contributed by atoms with Crippen LogP contribution < -0.4 is 0 Å². The predicted octanol–water partition coefficient (Wildman–Crippen LogP) is 8.51. The molecule has 0 saturated carbocycles. The van der Waals surface area contributed by atoms with Crippen LogP contribution in [0.1, 0.15) is 148 Å². The summed E-state index contributed by atoms with van der Waals surface area (Å²) in [6.45, 7) is 2.29. The first kappa shape index (κ1) is 24.5. The third-order valence-electron chi connectivity index (χ3n) is 6.10.